The Morgan fingerprint density at radius 3 is 2.39 bits per heavy atom. The van der Waals surface area contributed by atoms with E-state index in [4.69, 9.17) is 14.6 Å². The number of hydrogen-bond acceptors (Lipinski definition) is 5. The molecular formula is C23H19BrN2O5. The van der Waals surface area contributed by atoms with E-state index in [1.165, 1.54) is 18.3 Å². The zero-order valence-electron chi connectivity index (χ0n) is 16.3. The summed E-state index contributed by atoms with van der Waals surface area (Å²) in [6.45, 7) is 0.0988. The van der Waals surface area contributed by atoms with Crippen LogP contribution in [-0.4, -0.2) is 29.8 Å². The Hall–Kier alpha value is -3.65. The highest BCUT2D eigenvalue weighted by Crippen LogP contribution is 2.18. The number of carboxylic acid groups (broad SMARTS) is 1. The van der Waals surface area contributed by atoms with Crippen LogP contribution in [0.5, 0.6) is 11.5 Å². The Kier molecular flexibility index (Phi) is 7.78. The van der Waals surface area contributed by atoms with Gasteiger partial charge in [-0.15, -0.1) is 0 Å². The van der Waals surface area contributed by atoms with Gasteiger partial charge < -0.3 is 14.6 Å². The topological polar surface area (TPSA) is 97.2 Å². The third kappa shape index (κ3) is 6.97. The van der Waals surface area contributed by atoms with Crippen molar-refractivity contribution in [2.24, 2.45) is 5.10 Å². The van der Waals surface area contributed by atoms with E-state index >= 15 is 0 Å². The second kappa shape index (κ2) is 10.9. The summed E-state index contributed by atoms with van der Waals surface area (Å²) in [5.41, 5.74) is 4.14. The summed E-state index contributed by atoms with van der Waals surface area (Å²) < 4.78 is 12.1. The highest BCUT2D eigenvalue weighted by atomic mass is 79.9. The molecule has 0 aromatic heterocycles. The summed E-state index contributed by atoms with van der Waals surface area (Å²) >= 11 is 3.33. The lowest BCUT2D eigenvalue weighted by atomic mass is 10.1. The lowest BCUT2D eigenvalue weighted by molar-refractivity contribution is -0.123. The van der Waals surface area contributed by atoms with Gasteiger partial charge in [-0.2, -0.15) is 5.10 Å². The van der Waals surface area contributed by atoms with E-state index in [2.05, 4.69) is 26.5 Å². The first-order valence-electron chi connectivity index (χ1n) is 9.25. The van der Waals surface area contributed by atoms with Gasteiger partial charge in [-0.05, 0) is 54.1 Å². The van der Waals surface area contributed by atoms with Gasteiger partial charge in [0.05, 0.1) is 11.8 Å². The van der Waals surface area contributed by atoms with Crippen LogP contribution in [-0.2, 0) is 11.4 Å². The van der Waals surface area contributed by atoms with E-state index in [-0.39, 0.29) is 18.8 Å². The van der Waals surface area contributed by atoms with Crippen molar-refractivity contribution in [3.8, 4) is 11.5 Å². The van der Waals surface area contributed by atoms with Gasteiger partial charge in [0.2, 0.25) is 0 Å². The molecular weight excluding hydrogens is 464 g/mol. The van der Waals surface area contributed by atoms with Crippen molar-refractivity contribution in [1.29, 1.82) is 0 Å². The van der Waals surface area contributed by atoms with Gasteiger partial charge in [-0.1, -0.05) is 40.2 Å². The van der Waals surface area contributed by atoms with E-state index in [1.807, 2.05) is 24.3 Å². The molecule has 0 spiro atoms. The summed E-state index contributed by atoms with van der Waals surface area (Å²) in [5.74, 6) is -0.208. The number of benzene rings is 3. The Bertz CT molecular complexity index is 1070. The lowest BCUT2D eigenvalue weighted by Gasteiger charge is -2.09. The van der Waals surface area contributed by atoms with Crippen molar-refractivity contribution in [3.63, 3.8) is 0 Å². The Morgan fingerprint density at radius 2 is 1.68 bits per heavy atom. The molecule has 158 valence electrons. The first-order valence-corrected chi connectivity index (χ1v) is 10.0. The molecule has 0 unspecified atom stereocenters. The van der Waals surface area contributed by atoms with Crippen LogP contribution in [0.25, 0.3) is 0 Å². The number of nitrogens with one attached hydrogen (secondary N) is 1. The summed E-state index contributed by atoms with van der Waals surface area (Å²) in [6.07, 6.45) is 1.49. The molecule has 8 heteroatoms. The van der Waals surface area contributed by atoms with Crippen molar-refractivity contribution >= 4 is 34.0 Å². The monoisotopic (exact) mass is 482 g/mol. The number of para-hydroxylation sites is 1. The van der Waals surface area contributed by atoms with Crippen molar-refractivity contribution < 1.29 is 24.2 Å². The summed E-state index contributed by atoms with van der Waals surface area (Å²) in [6, 6.07) is 20.8. The Morgan fingerprint density at radius 1 is 0.968 bits per heavy atom. The first-order chi connectivity index (χ1) is 15.0. The van der Waals surface area contributed by atoms with Crippen LogP contribution in [0.4, 0.5) is 0 Å². The molecule has 0 aliphatic carbocycles. The minimum atomic E-state index is -0.974. The number of nitrogens with zero attached hydrogens (tertiary/aromatic N) is 1. The third-order valence-corrected chi connectivity index (χ3v) is 4.62. The number of carboxylic acids is 1. The molecule has 7 nitrogen and oxygen atoms in total. The van der Waals surface area contributed by atoms with Crippen LogP contribution in [0, 0.1) is 0 Å². The molecule has 2 N–H and O–H groups in total. The number of aromatic carboxylic acids is 1. The maximum Gasteiger partial charge on any atom is 0.335 e. The van der Waals surface area contributed by atoms with Gasteiger partial charge >= 0.3 is 5.97 Å². The molecule has 1 amide bonds. The van der Waals surface area contributed by atoms with Crippen LogP contribution in [0.1, 0.15) is 21.5 Å². The number of carbonyl (C=O) groups excluding carboxylic acids is 1. The lowest BCUT2D eigenvalue weighted by Crippen LogP contribution is -2.24. The molecule has 0 heterocycles. The number of amides is 1. The Balaban J connectivity index is 1.52. The second-order valence-corrected chi connectivity index (χ2v) is 7.28. The minimum absolute atomic E-state index is 0.163. The van der Waals surface area contributed by atoms with Gasteiger partial charge in [-0.25, -0.2) is 10.2 Å². The van der Waals surface area contributed by atoms with Gasteiger partial charge in [0, 0.05) is 10.0 Å². The van der Waals surface area contributed by atoms with Crippen LogP contribution in [0.15, 0.2) is 82.4 Å². The molecule has 0 saturated carbocycles. The molecule has 0 fully saturated rings. The fourth-order valence-electron chi connectivity index (χ4n) is 2.51. The standard InChI is InChI=1S/C23H19BrN2O5/c24-19-9-11-20(12-10-19)30-15-22(27)26-25-13-18-3-1-2-4-21(18)31-14-16-5-7-17(8-6-16)23(28)29/h1-13H,14-15H2,(H,26,27)(H,28,29)/b25-13-. The van der Waals surface area contributed by atoms with Gasteiger partial charge in [0.1, 0.15) is 18.1 Å². The van der Waals surface area contributed by atoms with Crippen molar-refractivity contribution in [2.45, 2.75) is 6.61 Å². The highest BCUT2D eigenvalue weighted by molar-refractivity contribution is 9.10. The molecule has 31 heavy (non-hydrogen) atoms. The fourth-order valence-corrected chi connectivity index (χ4v) is 2.77. The predicted molar refractivity (Wildman–Crippen MR) is 120 cm³/mol. The number of carbonyl (C=O) groups is 2. The van der Waals surface area contributed by atoms with E-state index in [9.17, 15) is 9.59 Å². The van der Waals surface area contributed by atoms with E-state index < -0.39 is 11.9 Å². The first kappa shape index (κ1) is 22.0. The summed E-state index contributed by atoms with van der Waals surface area (Å²) in [7, 11) is 0. The van der Waals surface area contributed by atoms with Crippen molar-refractivity contribution in [3.05, 3.63) is 94.0 Å². The van der Waals surface area contributed by atoms with Crippen LogP contribution in [0.3, 0.4) is 0 Å². The minimum Gasteiger partial charge on any atom is -0.488 e. The number of ether oxygens (including phenoxy) is 2. The summed E-state index contributed by atoms with van der Waals surface area (Å²) in [4.78, 5) is 22.8. The van der Waals surface area contributed by atoms with Gasteiger partial charge in [0.25, 0.3) is 5.91 Å². The number of halogens is 1. The van der Waals surface area contributed by atoms with E-state index in [0.29, 0.717) is 17.1 Å². The SMILES string of the molecule is O=C(COc1ccc(Br)cc1)N/N=C\c1ccccc1OCc1ccc(C(=O)O)cc1. The molecule has 0 radical (unpaired) electrons. The molecule has 0 atom stereocenters. The molecule has 0 saturated heterocycles. The molecule has 0 aliphatic heterocycles. The maximum atomic E-state index is 11.9. The smallest absolute Gasteiger partial charge is 0.335 e. The normalized spacial score (nSPS) is 10.6. The zero-order chi connectivity index (χ0) is 22.1. The number of hydrogen-bond donors (Lipinski definition) is 2. The quantitative estimate of drug-likeness (QED) is 0.350. The average molecular weight is 483 g/mol. The fraction of sp³-hybridized carbons (Fsp3) is 0.0870. The largest absolute Gasteiger partial charge is 0.488 e. The maximum absolute atomic E-state index is 11.9. The highest BCUT2D eigenvalue weighted by Gasteiger charge is 2.05. The second-order valence-electron chi connectivity index (χ2n) is 6.36. The van der Waals surface area contributed by atoms with Crippen molar-refractivity contribution in [2.75, 3.05) is 6.61 Å². The van der Waals surface area contributed by atoms with Crippen LogP contribution < -0.4 is 14.9 Å². The van der Waals surface area contributed by atoms with Gasteiger partial charge in [-0.3, -0.25) is 4.79 Å². The zero-order valence-corrected chi connectivity index (χ0v) is 17.9. The predicted octanol–water partition coefficient (Wildman–Crippen LogP) is 4.26. The molecule has 3 aromatic carbocycles. The van der Waals surface area contributed by atoms with Crippen LogP contribution >= 0.6 is 15.9 Å². The Labute approximate surface area is 187 Å². The van der Waals surface area contributed by atoms with Crippen LogP contribution in [0.2, 0.25) is 0 Å². The van der Waals surface area contributed by atoms with E-state index in [1.54, 1.807) is 36.4 Å². The average Bonchev–Trinajstić information content (AvgIpc) is 2.78. The van der Waals surface area contributed by atoms with E-state index in [0.717, 1.165) is 10.0 Å². The molecule has 3 rings (SSSR count). The molecule has 3 aromatic rings. The third-order valence-electron chi connectivity index (χ3n) is 4.09. The van der Waals surface area contributed by atoms with Gasteiger partial charge in [0.15, 0.2) is 6.61 Å². The number of hydrazone groups is 1. The number of rotatable bonds is 9. The van der Waals surface area contributed by atoms with Crippen molar-refractivity contribution in [1.82, 2.24) is 5.43 Å². The molecule has 0 aliphatic rings. The summed E-state index contributed by atoms with van der Waals surface area (Å²) in [5, 5.41) is 12.9. The molecule has 0 bridgehead atoms.